The molecule has 2 rings (SSSR count). The summed E-state index contributed by atoms with van der Waals surface area (Å²) in [6, 6.07) is 0. The molecule has 2 atom stereocenters. The van der Waals surface area contributed by atoms with Crippen molar-refractivity contribution in [1.29, 1.82) is 0 Å². The summed E-state index contributed by atoms with van der Waals surface area (Å²) in [5.41, 5.74) is 0.494. The van der Waals surface area contributed by atoms with Crippen LogP contribution in [-0.4, -0.2) is 24.3 Å². The maximum atomic E-state index is 5.96. The highest BCUT2D eigenvalue weighted by molar-refractivity contribution is 5.11. The van der Waals surface area contributed by atoms with Gasteiger partial charge < -0.3 is 10.1 Å². The van der Waals surface area contributed by atoms with Gasteiger partial charge in [-0.3, -0.25) is 0 Å². The minimum atomic E-state index is 0.204. The first-order valence-corrected chi connectivity index (χ1v) is 6.17. The predicted molar refractivity (Wildman–Crippen MR) is 58.5 cm³/mol. The maximum Gasteiger partial charge on any atom is 0.0884 e. The average Bonchev–Trinajstić information content (AvgIpc) is 2.16. The summed E-state index contributed by atoms with van der Waals surface area (Å²) in [5, 5.41) is 3.72. The Bertz CT molecular complexity index is 196. The van der Waals surface area contributed by atoms with E-state index < -0.39 is 0 Å². The van der Waals surface area contributed by atoms with Crippen molar-refractivity contribution < 1.29 is 4.74 Å². The van der Waals surface area contributed by atoms with E-state index in [-0.39, 0.29) is 11.1 Å². The molecule has 1 unspecified atom stereocenters. The van der Waals surface area contributed by atoms with E-state index in [1.165, 1.54) is 38.5 Å². The number of rotatable bonds is 3. The predicted octanol–water partition coefficient (Wildman–Crippen LogP) is 2.48. The largest absolute Gasteiger partial charge is 0.373 e. The molecule has 0 amide bonds. The van der Waals surface area contributed by atoms with Crippen LogP contribution in [0, 0.1) is 0 Å². The molecule has 1 saturated carbocycles. The molecule has 2 heteroatoms. The standard InChI is InChI=1S/C12H23NO/c1-3-11(13-4-2)7-5-6-8-12(11)9-10-14-12/h13H,3-10H2,1-2H3/t11-,12?/m0/s1. The fraction of sp³-hybridized carbons (Fsp3) is 1.00. The summed E-state index contributed by atoms with van der Waals surface area (Å²) in [4.78, 5) is 0. The van der Waals surface area contributed by atoms with Crippen LogP contribution in [0.4, 0.5) is 0 Å². The van der Waals surface area contributed by atoms with Crippen molar-refractivity contribution in [2.75, 3.05) is 13.2 Å². The maximum absolute atomic E-state index is 5.96. The highest BCUT2D eigenvalue weighted by Gasteiger charge is 2.55. The van der Waals surface area contributed by atoms with Crippen molar-refractivity contribution in [2.45, 2.75) is 63.5 Å². The van der Waals surface area contributed by atoms with E-state index >= 15 is 0 Å². The minimum Gasteiger partial charge on any atom is -0.373 e. The summed E-state index contributed by atoms with van der Waals surface area (Å²) < 4.78 is 5.96. The van der Waals surface area contributed by atoms with E-state index in [1.54, 1.807) is 0 Å². The molecule has 0 aromatic heterocycles. The first-order valence-electron chi connectivity index (χ1n) is 6.17. The molecule has 2 nitrogen and oxygen atoms in total. The van der Waals surface area contributed by atoms with Crippen LogP contribution in [0.1, 0.15) is 52.4 Å². The Balaban J connectivity index is 2.17. The lowest BCUT2D eigenvalue weighted by molar-refractivity contribution is -0.215. The minimum absolute atomic E-state index is 0.204. The Morgan fingerprint density at radius 3 is 2.36 bits per heavy atom. The molecule has 0 aromatic carbocycles. The van der Waals surface area contributed by atoms with Gasteiger partial charge in [0, 0.05) is 12.0 Å². The van der Waals surface area contributed by atoms with Crippen molar-refractivity contribution in [3.63, 3.8) is 0 Å². The van der Waals surface area contributed by atoms with Gasteiger partial charge in [-0.2, -0.15) is 0 Å². The molecular formula is C12H23NO. The second-order valence-corrected chi connectivity index (χ2v) is 4.77. The van der Waals surface area contributed by atoms with Crippen LogP contribution in [-0.2, 0) is 4.74 Å². The fourth-order valence-corrected chi connectivity index (χ4v) is 3.44. The summed E-state index contributed by atoms with van der Waals surface area (Å²) in [6.45, 7) is 6.56. The summed E-state index contributed by atoms with van der Waals surface area (Å²) >= 11 is 0. The quantitative estimate of drug-likeness (QED) is 0.750. The first kappa shape index (κ1) is 10.4. The monoisotopic (exact) mass is 197 g/mol. The van der Waals surface area contributed by atoms with E-state index in [0.717, 1.165) is 13.2 Å². The van der Waals surface area contributed by atoms with Crippen molar-refractivity contribution in [3.8, 4) is 0 Å². The zero-order valence-electron chi connectivity index (χ0n) is 9.57. The second-order valence-electron chi connectivity index (χ2n) is 4.77. The Hall–Kier alpha value is -0.0800. The topological polar surface area (TPSA) is 21.3 Å². The zero-order chi connectivity index (χ0) is 10.1. The molecule has 0 bridgehead atoms. The first-order chi connectivity index (χ1) is 6.79. The normalized spacial score (nSPS) is 42.4. The molecule has 1 aliphatic carbocycles. The van der Waals surface area contributed by atoms with Gasteiger partial charge in [-0.1, -0.05) is 26.7 Å². The summed E-state index contributed by atoms with van der Waals surface area (Å²) in [5.74, 6) is 0. The van der Waals surface area contributed by atoms with Crippen molar-refractivity contribution in [1.82, 2.24) is 5.32 Å². The molecule has 1 aliphatic heterocycles. The zero-order valence-corrected chi connectivity index (χ0v) is 9.57. The number of likely N-dealkylation sites (N-methyl/N-ethyl adjacent to an activating group) is 1. The third-order valence-corrected chi connectivity index (χ3v) is 4.31. The Labute approximate surface area is 87.4 Å². The van der Waals surface area contributed by atoms with Crippen LogP contribution in [0.15, 0.2) is 0 Å². The van der Waals surface area contributed by atoms with E-state index in [2.05, 4.69) is 19.2 Å². The Morgan fingerprint density at radius 1 is 1.14 bits per heavy atom. The van der Waals surface area contributed by atoms with Crippen molar-refractivity contribution in [2.24, 2.45) is 0 Å². The van der Waals surface area contributed by atoms with Crippen LogP contribution in [0.5, 0.6) is 0 Å². The molecule has 1 N–H and O–H groups in total. The lowest BCUT2D eigenvalue weighted by Gasteiger charge is -2.58. The molecule has 1 spiro atoms. The molecule has 1 heterocycles. The lowest BCUT2D eigenvalue weighted by atomic mass is 9.64. The molecule has 2 aliphatic rings. The summed E-state index contributed by atoms with van der Waals surface area (Å²) in [6.07, 6.45) is 7.78. The van der Waals surface area contributed by atoms with Crippen molar-refractivity contribution in [3.05, 3.63) is 0 Å². The number of hydrogen-bond acceptors (Lipinski definition) is 2. The molecule has 82 valence electrons. The van der Waals surface area contributed by atoms with Crippen LogP contribution >= 0.6 is 0 Å². The van der Waals surface area contributed by atoms with E-state index in [9.17, 15) is 0 Å². The van der Waals surface area contributed by atoms with E-state index in [1.807, 2.05) is 0 Å². The molecule has 1 saturated heterocycles. The highest BCUT2D eigenvalue weighted by atomic mass is 16.5. The third-order valence-electron chi connectivity index (χ3n) is 4.31. The van der Waals surface area contributed by atoms with Gasteiger partial charge in [-0.05, 0) is 25.8 Å². The Kier molecular flexibility index (Phi) is 2.85. The van der Waals surface area contributed by atoms with Gasteiger partial charge >= 0.3 is 0 Å². The highest BCUT2D eigenvalue weighted by Crippen LogP contribution is 2.48. The summed E-state index contributed by atoms with van der Waals surface area (Å²) in [7, 11) is 0. The average molecular weight is 197 g/mol. The molecule has 0 radical (unpaired) electrons. The van der Waals surface area contributed by atoms with Crippen LogP contribution in [0.2, 0.25) is 0 Å². The molecule has 14 heavy (non-hydrogen) atoms. The van der Waals surface area contributed by atoms with Crippen LogP contribution in [0.25, 0.3) is 0 Å². The van der Waals surface area contributed by atoms with Gasteiger partial charge in [0.05, 0.1) is 12.2 Å². The van der Waals surface area contributed by atoms with Gasteiger partial charge in [0.2, 0.25) is 0 Å². The number of ether oxygens (including phenoxy) is 1. The van der Waals surface area contributed by atoms with Gasteiger partial charge in [-0.15, -0.1) is 0 Å². The second kappa shape index (κ2) is 3.82. The van der Waals surface area contributed by atoms with Crippen LogP contribution in [0.3, 0.4) is 0 Å². The van der Waals surface area contributed by atoms with E-state index in [4.69, 9.17) is 4.74 Å². The molecular weight excluding hydrogens is 174 g/mol. The van der Waals surface area contributed by atoms with Gasteiger partial charge in [-0.25, -0.2) is 0 Å². The fourth-order valence-electron chi connectivity index (χ4n) is 3.44. The van der Waals surface area contributed by atoms with Gasteiger partial charge in [0.15, 0.2) is 0 Å². The van der Waals surface area contributed by atoms with Gasteiger partial charge in [0.1, 0.15) is 0 Å². The van der Waals surface area contributed by atoms with E-state index in [0.29, 0.717) is 0 Å². The number of hydrogen-bond donors (Lipinski definition) is 1. The van der Waals surface area contributed by atoms with Gasteiger partial charge in [0.25, 0.3) is 0 Å². The molecule has 2 fully saturated rings. The molecule has 0 aromatic rings. The lowest BCUT2D eigenvalue weighted by Crippen LogP contribution is -2.69. The SMILES string of the molecule is CCN[C@@]1(CC)CCCCC12CCO2. The van der Waals surface area contributed by atoms with Crippen LogP contribution < -0.4 is 5.32 Å². The smallest absolute Gasteiger partial charge is 0.0884 e. The third kappa shape index (κ3) is 1.31. The Morgan fingerprint density at radius 2 is 1.86 bits per heavy atom. The number of nitrogens with one attached hydrogen (secondary N) is 1. The van der Waals surface area contributed by atoms with Crippen molar-refractivity contribution >= 4 is 0 Å².